The van der Waals surface area contributed by atoms with Crippen LogP contribution in [0.2, 0.25) is 5.02 Å². The summed E-state index contributed by atoms with van der Waals surface area (Å²) in [5, 5.41) is 3.69. The van der Waals surface area contributed by atoms with Gasteiger partial charge in [0.1, 0.15) is 0 Å². The molecule has 1 saturated carbocycles. The fourth-order valence-corrected chi connectivity index (χ4v) is 2.86. The van der Waals surface area contributed by atoms with Gasteiger partial charge in [-0.1, -0.05) is 49.7 Å². The number of benzene rings is 1. The summed E-state index contributed by atoms with van der Waals surface area (Å²) in [6.07, 6.45) is 8.69. The van der Waals surface area contributed by atoms with E-state index in [9.17, 15) is 4.79 Å². The molecule has 0 saturated heterocycles. The minimum Gasteiger partial charge on any atom is -0.350 e. The van der Waals surface area contributed by atoms with Crippen LogP contribution >= 0.6 is 27.5 Å². The van der Waals surface area contributed by atoms with Gasteiger partial charge in [0.15, 0.2) is 0 Å². The van der Waals surface area contributed by atoms with Crippen molar-refractivity contribution in [3.05, 3.63) is 57.6 Å². The predicted molar refractivity (Wildman–Crippen MR) is 101 cm³/mol. The van der Waals surface area contributed by atoms with Crippen molar-refractivity contribution < 1.29 is 4.79 Å². The van der Waals surface area contributed by atoms with Crippen molar-refractivity contribution in [1.29, 1.82) is 0 Å². The Morgan fingerprint density at radius 3 is 2.74 bits per heavy atom. The average Bonchev–Trinajstić information content (AvgIpc) is 3.26. The Bertz CT molecular complexity index is 624. The molecule has 0 aliphatic heterocycles. The van der Waals surface area contributed by atoms with Crippen LogP contribution in [0.25, 0.3) is 0 Å². The van der Waals surface area contributed by atoms with E-state index in [-0.39, 0.29) is 11.9 Å². The fourth-order valence-electron chi connectivity index (χ4n) is 2.34. The summed E-state index contributed by atoms with van der Waals surface area (Å²) in [7, 11) is 0. The monoisotopic (exact) mass is 395 g/mol. The first-order valence-electron chi connectivity index (χ1n) is 7.98. The molecule has 0 bridgehead atoms. The van der Waals surface area contributed by atoms with Crippen LogP contribution in [-0.2, 0) is 4.79 Å². The first kappa shape index (κ1) is 18.3. The van der Waals surface area contributed by atoms with Gasteiger partial charge in [-0.3, -0.25) is 4.79 Å². The molecule has 1 aromatic rings. The van der Waals surface area contributed by atoms with Crippen LogP contribution in [0, 0.1) is 11.8 Å². The van der Waals surface area contributed by atoms with E-state index < -0.39 is 0 Å². The van der Waals surface area contributed by atoms with Crippen molar-refractivity contribution in [2.45, 2.75) is 39.2 Å². The van der Waals surface area contributed by atoms with Crippen LogP contribution in [0.1, 0.15) is 38.7 Å². The zero-order chi connectivity index (χ0) is 17.0. The van der Waals surface area contributed by atoms with Crippen molar-refractivity contribution >= 4 is 33.4 Å². The summed E-state index contributed by atoms with van der Waals surface area (Å²) in [6, 6.07) is 6.30. The Morgan fingerprint density at radius 1 is 1.35 bits per heavy atom. The highest BCUT2D eigenvalue weighted by Crippen LogP contribution is 2.49. The highest BCUT2D eigenvalue weighted by atomic mass is 79.9. The van der Waals surface area contributed by atoms with Crippen molar-refractivity contribution in [3.63, 3.8) is 0 Å². The number of hydrogen-bond acceptors (Lipinski definition) is 1. The molecule has 4 heteroatoms. The Labute approximate surface area is 152 Å². The molecule has 1 amide bonds. The zero-order valence-electron chi connectivity index (χ0n) is 13.7. The maximum atomic E-state index is 11.7. The largest absolute Gasteiger partial charge is 0.350 e. The second kappa shape index (κ2) is 8.16. The molecule has 1 unspecified atom stereocenters. The lowest BCUT2D eigenvalue weighted by Gasteiger charge is -2.15. The van der Waals surface area contributed by atoms with E-state index in [1.165, 1.54) is 5.56 Å². The van der Waals surface area contributed by atoms with Crippen LogP contribution in [-0.4, -0.2) is 11.9 Å². The normalized spacial score (nSPS) is 22.0. The molecule has 0 radical (unpaired) electrons. The standard InChI is InChI=1S/C19H23BrClNO/c1-12(2)13(3)22-19(23)7-5-4-6-14-10-16(14)15-8-9-18(21)17(20)11-15/h4-9,11-14,16H,10H2,1-3H3,(H,22,23)/t13?,14-,16-/m1/s1. The molecule has 1 N–H and O–H groups in total. The van der Waals surface area contributed by atoms with Gasteiger partial charge in [-0.25, -0.2) is 0 Å². The van der Waals surface area contributed by atoms with Crippen molar-refractivity contribution in [3.8, 4) is 0 Å². The van der Waals surface area contributed by atoms with Gasteiger partial charge >= 0.3 is 0 Å². The maximum absolute atomic E-state index is 11.7. The van der Waals surface area contributed by atoms with Gasteiger partial charge in [-0.2, -0.15) is 0 Å². The first-order chi connectivity index (χ1) is 10.9. The van der Waals surface area contributed by atoms with Crippen LogP contribution in [0.4, 0.5) is 0 Å². The summed E-state index contributed by atoms with van der Waals surface area (Å²) in [5.41, 5.74) is 1.31. The van der Waals surface area contributed by atoms with Gasteiger partial charge in [0.25, 0.3) is 0 Å². The Kier molecular flexibility index (Phi) is 6.49. The van der Waals surface area contributed by atoms with E-state index in [0.29, 0.717) is 17.8 Å². The Morgan fingerprint density at radius 2 is 2.09 bits per heavy atom. The maximum Gasteiger partial charge on any atom is 0.244 e. The second-order valence-electron chi connectivity index (χ2n) is 6.46. The lowest BCUT2D eigenvalue weighted by atomic mass is 10.1. The van der Waals surface area contributed by atoms with E-state index in [2.05, 4.69) is 53.3 Å². The molecule has 0 aromatic heterocycles. The predicted octanol–water partition coefficient (Wildman–Crippen LogP) is 5.48. The minimum atomic E-state index is -0.0372. The third-order valence-corrected chi connectivity index (χ3v) is 5.51. The van der Waals surface area contributed by atoms with Gasteiger partial charge in [-0.15, -0.1) is 0 Å². The second-order valence-corrected chi connectivity index (χ2v) is 7.73. The molecule has 1 aliphatic rings. The van der Waals surface area contributed by atoms with Crippen molar-refractivity contribution in [1.82, 2.24) is 5.32 Å². The van der Waals surface area contributed by atoms with Gasteiger partial charge in [0.2, 0.25) is 5.91 Å². The van der Waals surface area contributed by atoms with Crippen molar-refractivity contribution in [2.75, 3.05) is 0 Å². The lowest BCUT2D eigenvalue weighted by Crippen LogP contribution is -2.34. The van der Waals surface area contributed by atoms with E-state index >= 15 is 0 Å². The molecule has 1 aliphatic carbocycles. The number of allylic oxidation sites excluding steroid dienone is 3. The van der Waals surface area contributed by atoms with Gasteiger partial charge < -0.3 is 5.32 Å². The molecule has 124 valence electrons. The number of carbonyl (C=O) groups is 1. The van der Waals surface area contributed by atoms with E-state index in [4.69, 9.17) is 11.6 Å². The van der Waals surface area contributed by atoms with Crippen LogP contribution in [0.3, 0.4) is 0 Å². The molecule has 1 aromatic carbocycles. The quantitative estimate of drug-likeness (QED) is 0.500. The first-order valence-corrected chi connectivity index (χ1v) is 9.16. The smallest absolute Gasteiger partial charge is 0.244 e. The summed E-state index contributed by atoms with van der Waals surface area (Å²) in [5.74, 6) is 1.51. The van der Waals surface area contributed by atoms with Crippen molar-refractivity contribution in [2.24, 2.45) is 11.8 Å². The SMILES string of the molecule is CC(C)C(C)NC(=O)C=CC=C[C@@H]1C[C@H]1c1ccc(Cl)c(Br)c1. The Balaban J connectivity index is 1.80. The Hall–Kier alpha value is -1.06. The average molecular weight is 397 g/mol. The number of hydrogen-bond donors (Lipinski definition) is 1. The van der Waals surface area contributed by atoms with E-state index in [1.54, 1.807) is 6.08 Å². The molecule has 1 fully saturated rings. The summed E-state index contributed by atoms with van der Waals surface area (Å²) < 4.78 is 0.946. The number of rotatable bonds is 6. The molecular formula is C19H23BrClNO. The van der Waals surface area contributed by atoms with E-state index in [1.807, 2.05) is 25.1 Å². The number of nitrogens with one attached hydrogen (secondary N) is 1. The third kappa shape index (κ3) is 5.50. The molecular weight excluding hydrogens is 374 g/mol. The number of halogens is 2. The zero-order valence-corrected chi connectivity index (χ0v) is 16.1. The molecule has 0 heterocycles. The van der Waals surface area contributed by atoms with Crippen LogP contribution in [0.15, 0.2) is 47.0 Å². The highest BCUT2D eigenvalue weighted by Gasteiger charge is 2.36. The van der Waals surface area contributed by atoms with E-state index in [0.717, 1.165) is 15.9 Å². The summed E-state index contributed by atoms with van der Waals surface area (Å²) in [6.45, 7) is 6.21. The number of carbonyl (C=O) groups excluding carboxylic acids is 1. The molecule has 3 atom stereocenters. The van der Waals surface area contributed by atoms with Crippen LogP contribution in [0.5, 0.6) is 0 Å². The lowest BCUT2D eigenvalue weighted by molar-refractivity contribution is -0.117. The van der Waals surface area contributed by atoms with Gasteiger partial charge in [0, 0.05) is 16.6 Å². The van der Waals surface area contributed by atoms with Gasteiger partial charge in [0.05, 0.1) is 5.02 Å². The topological polar surface area (TPSA) is 29.1 Å². The summed E-state index contributed by atoms with van der Waals surface area (Å²) in [4.78, 5) is 11.7. The third-order valence-electron chi connectivity index (χ3n) is 4.30. The molecule has 0 spiro atoms. The molecule has 23 heavy (non-hydrogen) atoms. The highest BCUT2D eigenvalue weighted by molar-refractivity contribution is 9.10. The fraction of sp³-hybridized carbons (Fsp3) is 0.421. The molecule has 2 nitrogen and oxygen atoms in total. The summed E-state index contributed by atoms with van der Waals surface area (Å²) >= 11 is 9.49. The van der Waals surface area contributed by atoms with Crippen LogP contribution < -0.4 is 5.32 Å². The van der Waals surface area contributed by atoms with Gasteiger partial charge in [-0.05, 0) is 64.7 Å². The molecule has 2 rings (SSSR count). The number of amides is 1. The minimum absolute atomic E-state index is 0.0372.